The number of rotatable bonds is 0. The van der Waals surface area contributed by atoms with Crippen LogP contribution in [0.25, 0.3) is 0 Å². The molecule has 4 nitrogen and oxygen atoms in total. The summed E-state index contributed by atoms with van der Waals surface area (Å²) < 4.78 is 0.125. The Kier molecular flexibility index (Phi) is 3.88. The summed E-state index contributed by atoms with van der Waals surface area (Å²) >= 11 is 4.52. The standard InChI is InChI=1S/C4H4N2O2S.Na/c7-2-1-3(8)6-4(9)5-2;/h1H,(H3,5,6,7,8,9);. The molecule has 0 bridgehead atoms. The smallest absolute Gasteiger partial charge is 0.255 e. The van der Waals surface area contributed by atoms with Gasteiger partial charge in [0.2, 0.25) is 0 Å². The Morgan fingerprint density at radius 1 is 1.50 bits per heavy atom. The maximum atomic E-state index is 10.4. The van der Waals surface area contributed by atoms with Crippen LogP contribution in [0.1, 0.15) is 0 Å². The average molecular weight is 167 g/mol. The molecule has 0 saturated carbocycles. The van der Waals surface area contributed by atoms with Crippen LogP contribution in [0.4, 0.5) is 0 Å². The molecular weight excluding hydrogens is 163 g/mol. The van der Waals surface area contributed by atoms with Crippen molar-refractivity contribution in [3.63, 3.8) is 0 Å². The summed E-state index contributed by atoms with van der Waals surface area (Å²) in [5, 5.41) is 8.65. The Labute approximate surface area is 83.6 Å². The summed E-state index contributed by atoms with van der Waals surface area (Å²) in [6.07, 6.45) is 0. The maximum absolute atomic E-state index is 10.4. The summed E-state index contributed by atoms with van der Waals surface area (Å²) in [7, 11) is 0. The van der Waals surface area contributed by atoms with E-state index in [-0.39, 0.29) is 40.2 Å². The Morgan fingerprint density at radius 2 is 2.10 bits per heavy atom. The van der Waals surface area contributed by atoms with Crippen molar-refractivity contribution in [2.75, 3.05) is 0 Å². The first-order valence-corrected chi connectivity index (χ1v) is 2.62. The predicted molar refractivity (Wildman–Crippen MR) is 39.7 cm³/mol. The quantitative estimate of drug-likeness (QED) is 0.369. The van der Waals surface area contributed by atoms with Crippen LogP contribution in [0.15, 0.2) is 10.9 Å². The molecule has 3 N–H and O–H groups in total. The second kappa shape index (κ2) is 3.92. The van der Waals surface area contributed by atoms with E-state index in [2.05, 4.69) is 22.2 Å². The Bertz CT molecular complexity index is 289. The van der Waals surface area contributed by atoms with Crippen LogP contribution < -0.4 is 5.56 Å². The predicted octanol–water partition coefficient (Wildman–Crippen LogP) is -0.243. The van der Waals surface area contributed by atoms with Gasteiger partial charge in [-0.2, -0.15) is 0 Å². The van der Waals surface area contributed by atoms with Crippen molar-refractivity contribution in [3.05, 3.63) is 21.2 Å². The van der Waals surface area contributed by atoms with Gasteiger partial charge in [-0.15, -0.1) is 0 Å². The van der Waals surface area contributed by atoms with Gasteiger partial charge in [-0.3, -0.25) is 9.78 Å². The van der Waals surface area contributed by atoms with Gasteiger partial charge < -0.3 is 10.1 Å². The summed E-state index contributed by atoms with van der Waals surface area (Å²) in [5.41, 5.74) is -0.406. The third-order valence-electron chi connectivity index (χ3n) is 0.746. The maximum Gasteiger partial charge on any atom is 0.255 e. The van der Waals surface area contributed by atoms with Crippen molar-refractivity contribution in [1.82, 2.24) is 9.97 Å². The fourth-order valence-electron chi connectivity index (χ4n) is 0.456. The van der Waals surface area contributed by atoms with Crippen molar-refractivity contribution in [2.45, 2.75) is 0 Å². The molecule has 10 heavy (non-hydrogen) atoms. The van der Waals surface area contributed by atoms with E-state index in [1.807, 2.05) is 0 Å². The van der Waals surface area contributed by atoms with Crippen molar-refractivity contribution >= 4 is 41.8 Å². The van der Waals surface area contributed by atoms with E-state index in [1.54, 1.807) is 0 Å². The summed E-state index contributed by atoms with van der Waals surface area (Å²) in [5.74, 6) is -0.219. The van der Waals surface area contributed by atoms with E-state index in [0.717, 1.165) is 6.07 Å². The van der Waals surface area contributed by atoms with Gasteiger partial charge in [-0.05, 0) is 12.2 Å². The van der Waals surface area contributed by atoms with E-state index in [1.165, 1.54) is 0 Å². The molecule has 0 saturated heterocycles. The van der Waals surface area contributed by atoms with Crippen LogP contribution in [-0.4, -0.2) is 44.6 Å². The van der Waals surface area contributed by atoms with E-state index in [0.29, 0.717) is 0 Å². The molecule has 0 unspecified atom stereocenters. The minimum absolute atomic E-state index is 0. The van der Waals surface area contributed by atoms with Crippen LogP contribution in [0.3, 0.4) is 0 Å². The number of hydrogen-bond donors (Lipinski definition) is 3. The van der Waals surface area contributed by atoms with Crippen LogP contribution >= 0.6 is 12.2 Å². The van der Waals surface area contributed by atoms with Crippen molar-refractivity contribution in [3.8, 4) is 5.88 Å². The van der Waals surface area contributed by atoms with E-state index >= 15 is 0 Å². The molecule has 0 amide bonds. The molecule has 1 rings (SSSR count). The molecule has 0 aromatic carbocycles. The van der Waals surface area contributed by atoms with Gasteiger partial charge in [0, 0.05) is 29.6 Å². The van der Waals surface area contributed by atoms with Crippen molar-refractivity contribution < 1.29 is 5.11 Å². The molecule has 0 aliphatic carbocycles. The van der Waals surface area contributed by atoms with Crippen LogP contribution in [-0.2, 0) is 0 Å². The summed E-state index contributed by atoms with van der Waals surface area (Å²) in [6.45, 7) is 0. The SMILES string of the molecule is O=c1cc(O)[nH]c(=S)[nH]1.[Na]. The van der Waals surface area contributed by atoms with Gasteiger partial charge in [-0.25, -0.2) is 0 Å². The van der Waals surface area contributed by atoms with Crippen molar-refractivity contribution in [1.29, 1.82) is 0 Å². The Balaban J connectivity index is 0.000000810. The minimum atomic E-state index is -0.406. The zero-order chi connectivity index (χ0) is 6.85. The molecular formula is C4H4N2NaO2S. The van der Waals surface area contributed by atoms with E-state index in [9.17, 15) is 4.79 Å². The normalized spacial score (nSPS) is 8.40. The zero-order valence-corrected chi connectivity index (χ0v) is 8.16. The first-order valence-electron chi connectivity index (χ1n) is 2.21. The first kappa shape index (κ1) is 9.90. The molecule has 6 heteroatoms. The Hall–Kier alpha value is -0.100. The van der Waals surface area contributed by atoms with Crippen LogP contribution in [0, 0.1) is 4.77 Å². The number of H-pyrrole nitrogens is 2. The average Bonchev–Trinajstić information content (AvgIpc) is 1.59. The van der Waals surface area contributed by atoms with Crippen LogP contribution in [0.5, 0.6) is 5.88 Å². The summed E-state index contributed by atoms with van der Waals surface area (Å²) in [4.78, 5) is 15.0. The van der Waals surface area contributed by atoms with E-state index in [4.69, 9.17) is 5.11 Å². The molecule has 1 aromatic rings. The molecule has 0 fully saturated rings. The topological polar surface area (TPSA) is 68.9 Å². The monoisotopic (exact) mass is 167 g/mol. The molecule has 1 radical (unpaired) electrons. The first-order chi connectivity index (χ1) is 4.18. The molecule has 0 aliphatic rings. The second-order valence-corrected chi connectivity index (χ2v) is 1.88. The third kappa shape index (κ3) is 2.66. The van der Waals surface area contributed by atoms with Crippen molar-refractivity contribution in [2.24, 2.45) is 0 Å². The van der Waals surface area contributed by atoms with E-state index < -0.39 is 5.56 Å². The fourth-order valence-corrected chi connectivity index (χ4v) is 0.661. The molecule has 1 aromatic heterocycles. The van der Waals surface area contributed by atoms with Gasteiger partial charge in [-0.1, -0.05) is 0 Å². The van der Waals surface area contributed by atoms with Crippen LogP contribution in [0.2, 0.25) is 0 Å². The number of hydrogen-bond acceptors (Lipinski definition) is 3. The van der Waals surface area contributed by atoms with Gasteiger partial charge in [0.25, 0.3) is 5.56 Å². The van der Waals surface area contributed by atoms with Gasteiger partial charge in [0.1, 0.15) is 0 Å². The largest absolute Gasteiger partial charge is 0.494 e. The number of aromatic nitrogens is 2. The molecule has 1 heterocycles. The minimum Gasteiger partial charge on any atom is -0.494 e. The molecule has 0 spiro atoms. The Morgan fingerprint density at radius 3 is 2.50 bits per heavy atom. The molecule has 0 atom stereocenters. The van der Waals surface area contributed by atoms with Gasteiger partial charge in [0.05, 0.1) is 6.07 Å². The second-order valence-electron chi connectivity index (χ2n) is 1.47. The van der Waals surface area contributed by atoms with Gasteiger partial charge >= 0.3 is 0 Å². The zero-order valence-electron chi connectivity index (χ0n) is 5.34. The van der Waals surface area contributed by atoms with Gasteiger partial charge in [0.15, 0.2) is 10.7 Å². The fraction of sp³-hybridized carbons (Fsp3) is 0. The number of aromatic amines is 2. The molecule has 49 valence electrons. The summed E-state index contributed by atoms with van der Waals surface area (Å²) in [6, 6.07) is 1.01. The third-order valence-corrected chi connectivity index (χ3v) is 0.950. The number of nitrogens with one attached hydrogen (secondary N) is 2. The molecule has 0 aliphatic heterocycles. The number of aromatic hydroxyl groups is 1.